The Labute approximate surface area is 118 Å². The number of nitrogens with zero attached hydrogens (tertiary/aromatic N) is 1. The van der Waals surface area contributed by atoms with Gasteiger partial charge in [-0.25, -0.2) is 4.79 Å². The first-order valence-corrected chi connectivity index (χ1v) is 6.05. The second-order valence-corrected chi connectivity index (χ2v) is 4.60. The van der Waals surface area contributed by atoms with Gasteiger partial charge >= 0.3 is 6.03 Å². The number of carbonyl (C=O) groups excluding carboxylic acids is 1. The van der Waals surface area contributed by atoms with Crippen molar-refractivity contribution in [1.29, 1.82) is 0 Å². The Morgan fingerprint density at radius 3 is 2.89 bits per heavy atom. The highest BCUT2D eigenvalue weighted by Gasteiger charge is 2.24. The van der Waals surface area contributed by atoms with Gasteiger partial charge in [0.2, 0.25) is 0 Å². The summed E-state index contributed by atoms with van der Waals surface area (Å²) in [7, 11) is 1.92. The standard InChI is InChI=1S/C12H16ClN3O.ClH/c1-14-11-5-6-16(8-11)12(17)15-10-4-2-3-9(13)7-10;/h2-4,7,11,14H,5-6,8H2,1H3,(H,15,17);1H/t11-;/m0./s1. The third-order valence-corrected chi connectivity index (χ3v) is 3.19. The average Bonchev–Trinajstić information content (AvgIpc) is 2.77. The van der Waals surface area contributed by atoms with Crippen LogP contribution in [0, 0.1) is 0 Å². The van der Waals surface area contributed by atoms with Crippen molar-refractivity contribution in [1.82, 2.24) is 10.2 Å². The van der Waals surface area contributed by atoms with Gasteiger partial charge in [0.25, 0.3) is 0 Å². The predicted octanol–water partition coefficient (Wildman–Crippen LogP) is 2.59. The molecule has 6 heteroatoms. The number of anilines is 1. The molecule has 0 saturated carbocycles. The van der Waals surface area contributed by atoms with Crippen molar-refractivity contribution in [3.05, 3.63) is 29.3 Å². The van der Waals surface area contributed by atoms with E-state index in [0.717, 1.165) is 25.2 Å². The van der Waals surface area contributed by atoms with Crippen molar-refractivity contribution in [3.8, 4) is 0 Å². The van der Waals surface area contributed by atoms with Crippen molar-refractivity contribution in [2.24, 2.45) is 0 Å². The molecule has 1 aromatic rings. The largest absolute Gasteiger partial charge is 0.323 e. The molecule has 2 rings (SSSR count). The molecular weight excluding hydrogens is 273 g/mol. The zero-order chi connectivity index (χ0) is 12.3. The Morgan fingerprint density at radius 1 is 1.50 bits per heavy atom. The lowest BCUT2D eigenvalue weighted by atomic mass is 10.3. The molecule has 1 aromatic carbocycles. The number of urea groups is 1. The van der Waals surface area contributed by atoms with E-state index in [0.29, 0.717) is 11.1 Å². The highest BCUT2D eigenvalue weighted by molar-refractivity contribution is 6.30. The highest BCUT2D eigenvalue weighted by Crippen LogP contribution is 2.16. The normalized spacial score (nSPS) is 18.3. The Kier molecular flexibility index (Phi) is 5.72. The number of benzene rings is 1. The second-order valence-electron chi connectivity index (χ2n) is 4.16. The van der Waals surface area contributed by atoms with Crippen LogP contribution in [-0.2, 0) is 0 Å². The highest BCUT2D eigenvalue weighted by atomic mass is 35.5. The molecule has 1 aliphatic heterocycles. The molecule has 0 bridgehead atoms. The monoisotopic (exact) mass is 289 g/mol. The Bertz CT molecular complexity index is 414. The van der Waals surface area contributed by atoms with E-state index in [1.165, 1.54) is 0 Å². The van der Waals surface area contributed by atoms with E-state index in [2.05, 4.69) is 10.6 Å². The fourth-order valence-corrected chi connectivity index (χ4v) is 2.14. The number of rotatable bonds is 2. The van der Waals surface area contributed by atoms with Crippen molar-refractivity contribution in [2.45, 2.75) is 12.5 Å². The van der Waals surface area contributed by atoms with E-state index < -0.39 is 0 Å². The molecule has 0 unspecified atom stereocenters. The maximum Gasteiger partial charge on any atom is 0.321 e. The first-order chi connectivity index (χ1) is 8.19. The predicted molar refractivity (Wildman–Crippen MR) is 76.8 cm³/mol. The number of amides is 2. The Balaban J connectivity index is 0.00000162. The van der Waals surface area contributed by atoms with Gasteiger partial charge in [-0.15, -0.1) is 12.4 Å². The first-order valence-electron chi connectivity index (χ1n) is 5.68. The summed E-state index contributed by atoms with van der Waals surface area (Å²) in [5.41, 5.74) is 0.732. The number of carbonyl (C=O) groups is 1. The fourth-order valence-electron chi connectivity index (χ4n) is 1.95. The van der Waals surface area contributed by atoms with Crippen molar-refractivity contribution in [2.75, 3.05) is 25.5 Å². The molecule has 1 fully saturated rings. The van der Waals surface area contributed by atoms with E-state index in [-0.39, 0.29) is 18.4 Å². The van der Waals surface area contributed by atoms with Crippen LogP contribution in [0.15, 0.2) is 24.3 Å². The van der Waals surface area contributed by atoms with Crippen molar-refractivity contribution < 1.29 is 4.79 Å². The smallest absolute Gasteiger partial charge is 0.321 e. The SMILES string of the molecule is CN[C@H]1CCN(C(=O)Nc2cccc(Cl)c2)C1.Cl. The first kappa shape index (κ1) is 15.1. The van der Waals surface area contributed by atoms with Crippen LogP contribution >= 0.6 is 24.0 Å². The maximum absolute atomic E-state index is 11.9. The van der Waals surface area contributed by atoms with Gasteiger partial charge in [0.05, 0.1) is 0 Å². The molecule has 18 heavy (non-hydrogen) atoms. The van der Waals surface area contributed by atoms with Crippen molar-refractivity contribution in [3.63, 3.8) is 0 Å². The summed E-state index contributed by atoms with van der Waals surface area (Å²) in [4.78, 5) is 13.7. The molecule has 4 nitrogen and oxygen atoms in total. The molecule has 2 N–H and O–H groups in total. The summed E-state index contributed by atoms with van der Waals surface area (Å²) in [6.45, 7) is 1.54. The van der Waals surface area contributed by atoms with E-state index >= 15 is 0 Å². The summed E-state index contributed by atoms with van der Waals surface area (Å²) in [6, 6.07) is 7.51. The summed E-state index contributed by atoms with van der Waals surface area (Å²) >= 11 is 5.86. The number of nitrogens with one attached hydrogen (secondary N) is 2. The second kappa shape index (κ2) is 6.83. The summed E-state index contributed by atoms with van der Waals surface area (Å²) < 4.78 is 0. The zero-order valence-corrected chi connectivity index (χ0v) is 11.7. The van der Waals surface area contributed by atoms with Gasteiger partial charge in [-0.1, -0.05) is 17.7 Å². The number of likely N-dealkylation sites (tertiary alicyclic amines) is 1. The summed E-state index contributed by atoms with van der Waals surface area (Å²) in [5.74, 6) is 0. The van der Waals surface area contributed by atoms with E-state index in [4.69, 9.17) is 11.6 Å². The van der Waals surface area contributed by atoms with E-state index in [1.807, 2.05) is 24.1 Å². The van der Waals surface area contributed by atoms with Crippen LogP contribution in [0.3, 0.4) is 0 Å². The molecule has 1 heterocycles. The molecule has 2 amide bonds. The minimum Gasteiger partial charge on any atom is -0.323 e. The van der Waals surface area contributed by atoms with Crippen LogP contribution in [0.1, 0.15) is 6.42 Å². The molecule has 0 radical (unpaired) electrons. The number of hydrogen-bond acceptors (Lipinski definition) is 2. The maximum atomic E-state index is 11.9. The van der Waals surface area contributed by atoms with Crippen LogP contribution in [0.5, 0.6) is 0 Å². The quantitative estimate of drug-likeness (QED) is 0.879. The summed E-state index contributed by atoms with van der Waals surface area (Å²) in [5, 5.41) is 6.65. The molecule has 0 aromatic heterocycles. The van der Waals surface area contributed by atoms with Crippen LogP contribution < -0.4 is 10.6 Å². The summed E-state index contributed by atoms with van der Waals surface area (Å²) in [6.07, 6.45) is 0.999. The van der Waals surface area contributed by atoms with Gasteiger partial charge in [-0.3, -0.25) is 0 Å². The lowest BCUT2D eigenvalue weighted by Gasteiger charge is -2.17. The van der Waals surface area contributed by atoms with Crippen LogP contribution in [-0.4, -0.2) is 37.1 Å². The minimum atomic E-state index is -0.0648. The molecular formula is C12H17Cl2N3O. The Morgan fingerprint density at radius 2 is 2.28 bits per heavy atom. The van der Waals surface area contributed by atoms with Crippen LogP contribution in [0.4, 0.5) is 10.5 Å². The average molecular weight is 290 g/mol. The number of hydrogen-bond donors (Lipinski definition) is 2. The van der Waals surface area contributed by atoms with Gasteiger partial charge in [0, 0.05) is 29.8 Å². The zero-order valence-electron chi connectivity index (χ0n) is 10.1. The number of halogens is 2. The molecule has 100 valence electrons. The molecule has 0 aliphatic carbocycles. The lowest BCUT2D eigenvalue weighted by Crippen LogP contribution is -2.36. The molecule has 0 spiro atoms. The van der Waals surface area contributed by atoms with E-state index in [1.54, 1.807) is 12.1 Å². The Hall–Kier alpha value is -0.970. The molecule has 1 aliphatic rings. The third kappa shape index (κ3) is 3.77. The number of likely N-dealkylation sites (N-methyl/N-ethyl adjacent to an activating group) is 1. The lowest BCUT2D eigenvalue weighted by molar-refractivity contribution is 0.221. The topological polar surface area (TPSA) is 44.4 Å². The van der Waals surface area contributed by atoms with Gasteiger partial charge in [0.1, 0.15) is 0 Å². The van der Waals surface area contributed by atoms with Crippen molar-refractivity contribution >= 4 is 35.7 Å². The third-order valence-electron chi connectivity index (χ3n) is 2.96. The van der Waals surface area contributed by atoms with Crippen LogP contribution in [0.2, 0.25) is 5.02 Å². The van der Waals surface area contributed by atoms with E-state index in [9.17, 15) is 4.79 Å². The van der Waals surface area contributed by atoms with Gasteiger partial charge in [-0.05, 0) is 31.7 Å². The van der Waals surface area contributed by atoms with Gasteiger partial charge in [-0.2, -0.15) is 0 Å². The fraction of sp³-hybridized carbons (Fsp3) is 0.417. The van der Waals surface area contributed by atoms with Gasteiger partial charge in [0.15, 0.2) is 0 Å². The van der Waals surface area contributed by atoms with Crippen LogP contribution in [0.25, 0.3) is 0 Å². The molecule has 1 atom stereocenters. The minimum absolute atomic E-state index is 0. The van der Waals surface area contributed by atoms with Gasteiger partial charge < -0.3 is 15.5 Å². The molecule has 1 saturated heterocycles.